The molecule has 0 unspecified atom stereocenters. The summed E-state index contributed by atoms with van der Waals surface area (Å²) in [6.07, 6.45) is 3.69. The Kier molecular flexibility index (Phi) is 8.77. The van der Waals surface area contributed by atoms with Crippen LogP contribution in [0.5, 0.6) is 11.5 Å². The Morgan fingerprint density at radius 3 is 2.61 bits per heavy atom. The van der Waals surface area contributed by atoms with Crippen LogP contribution in [0, 0.1) is 12.8 Å². The number of hydrogen-bond acceptors (Lipinski definition) is 4. The number of likely N-dealkylation sites (tertiary alicyclic amines) is 1. The first-order valence-electron chi connectivity index (χ1n) is 11.4. The van der Waals surface area contributed by atoms with Gasteiger partial charge >= 0.3 is 0 Å². The summed E-state index contributed by atoms with van der Waals surface area (Å²) >= 11 is 0. The van der Waals surface area contributed by atoms with Gasteiger partial charge in [0, 0.05) is 19.0 Å². The molecule has 1 aliphatic rings. The Hall–Kier alpha value is -2.53. The summed E-state index contributed by atoms with van der Waals surface area (Å²) in [6, 6.07) is 14.6. The van der Waals surface area contributed by atoms with Gasteiger partial charge in [0.05, 0.1) is 13.7 Å². The molecule has 0 spiro atoms. The predicted octanol–water partition coefficient (Wildman–Crippen LogP) is 4.36. The Balaban J connectivity index is 1.36. The van der Waals surface area contributed by atoms with Gasteiger partial charge < -0.3 is 14.8 Å². The third-order valence-corrected chi connectivity index (χ3v) is 6.08. The number of hydrogen-bond donors (Lipinski definition) is 1. The number of rotatable bonds is 10. The van der Waals surface area contributed by atoms with Crippen molar-refractivity contribution >= 4 is 5.91 Å². The molecule has 1 amide bonds. The van der Waals surface area contributed by atoms with Crippen molar-refractivity contribution in [2.24, 2.45) is 5.92 Å². The van der Waals surface area contributed by atoms with Crippen molar-refractivity contribution in [1.82, 2.24) is 10.2 Å². The topological polar surface area (TPSA) is 50.8 Å². The molecule has 168 valence electrons. The smallest absolute Gasteiger partial charge is 0.223 e. The van der Waals surface area contributed by atoms with Crippen LogP contribution < -0.4 is 14.8 Å². The lowest BCUT2D eigenvalue weighted by atomic mass is 9.95. The number of amides is 1. The minimum absolute atomic E-state index is 0.138. The molecule has 1 fully saturated rings. The van der Waals surface area contributed by atoms with Crippen molar-refractivity contribution in [2.75, 3.05) is 33.4 Å². The molecule has 0 atom stereocenters. The summed E-state index contributed by atoms with van der Waals surface area (Å²) in [5.41, 5.74) is 3.92. The minimum Gasteiger partial charge on any atom is -0.493 e. The maximum Gasteiger partial charge on any atom is 0.223 e. The molecule has 1 N–H and O–H groups in total. The van der Waals surface area contributed by atoms with E-state index in [4.69, 9.17) is 9.47 Å². The van der Waals surface area contributed by atoms with Crippen LogP contribution in [0.25, 0.3) is 0 Å². The second kappa shape index (κ2) is 11.8. The van der Waals surface area contributed by atoms with Crippen molar-refractivity contribution in [3.05, 3.63) is 59.2 Å². The van der Waals surface area contributed by atoms with Gasteiger partial charge in [-0.2, -0.15) is 0 Å². The molecule has 0 aliphatic carbocycles. The van der Waals surface area contributed by atoms with E-state index in [-0.39, 0.29) is 11.8 Å². The minimum atomic E-state index is 0.138. The van der Waals surface area contributed by atoms with E-state index >= 15 is 0 Å². The Labute approximate surface area is 186 Å². The van der Waals surface area contributed by atoms with E-state index in [0.717, 1.165) is 56.8 Å². The monoisotopic (exact) mass is 424 g/mol. The van der Waals surface area contributed by atoms with Crippen LogP contribution in [0.2, 0.25) is 0 Å². The number of carbonyl (C=O) groups is 1. The molecule has 1 aliphatic heterocycles. The van der Waals surface area contributed by atoms with E-state index in [1.165, 1.54) is 16.7 Å². The first-order valence-corrected chi connectivity index (χ1v) is 11.4. The zero-order valence-electron chi connectivity index (χ0n) is 19.2. The molecule has 1 saturated heterocycles. The van der Waals surface area contributed by atoms with Crippen LogP contribution in [0.1, 0.15) is 42.9 Å². The average molecular weight is 425 g/mol. The van der Waals surface area contributed by atoms with E-state index in [0.29, 0.717) is 13.2 Å². The Morgan fingerprint density at radius 1 is 1.13 bits per heavy atom. The molecule has 0 bridgehead atoms. The van der Waals surface area contributed by atoms with Gasteiger partial charge in [0.2, 0.25) is 5.91 Å². The molecule has 31 heavy (non-hydrogen) atoms. The number of methoxy groups -OCH3 is 1. The molecule has 0 saturated carbocycles. The van der Waals surface area contributed by atoms with Crippen molar-refractivity contribution in [3.8, 4) is 11.5 Å². The quantitative estimate of drug-likeness (QED) is 0.576. The first-order chi connectivity index (χ1) is 15.1. The van der Waals surface area contributed by atoms with Crippen LogP contribution in [0.4, 0.5) is 0 Å². The van der Waals surface area contributed by atoms with Crippen LogP contribution >= 0.6 is 0 Å². The molecule has 2 aromatic carbocycles. The second-order valence-electron chi connectivity index (χ2n) is 8.29. The number of ether oxygens (including phenoxy) is 2. The second-order valence-corrected chi connectivity index (χ2v) is 8.29. The van der Waals surface area contributed by atoms with Gasteiger partial charge in [0.1, 0.15) is 0 Å². The normalized spacial score (nSPS) is 14.9. The highest BCUT2D eigenvalue weighted by atomic mass is 16.5. The van der Waals surface area contributed by atoms with E-state index in [2.05, 4.69) is 47.5 Å². The van der Waals surface area contributed by atoms with Gasteiger partial charge in [-0.05, 0) is 81.4 Å². The van der Waals surface area contributed by atoms with Gasteiger partial charge in [0.25, 0.3) is 0 Å². The maximum absolute atomic E-state index is 12.6. The van der Waals surface area contributed by atoms with Crippen LogP contribution in [0.3, 0.4) is 0 Å². The third-order valence-electron chi connectivity index (χ3n) is 6.08. The SMILES string of the molecule is CCOc1ccc(CCCNC(=O)C2CCN(Cc3ccccc3C)CC2)cc1OC. The fourth-order valence-electron chi connectivity index (χ4n) is 4.17. The highest BCUT2D eigenvalue weighted by molar-refractivity contribution is 5.78. The first kappa shape index (κ1) is 23.1. The van der Waals surface area contributed by atoms with Gasteiger partial charge in [0.15, 0.2) is 11.5 Å². The molecule has 3 rings (SSSR count). The summed E-state index contributed by atoms with van der Waals surface area (Å²) in [4.78, 5) is 15.0. The van der Waals surface area contributed by atoms with Gasteiger partial charge in [-0.15, -0.1) is 0 Å². The molecule has 1 heterocycles. The lowest BCUT2D eigenvalue weighted by molar-refractivity contribution is -0.126. The van der Waals surface area contributed by atoms with Crippen LogP contribution in [0.15, 0.2) is 42.5 Å². The predicted molar refractivity (Wildman–Crippen MR) is 125 cm³/mol. The molecule has 5 heteroatoms. The van der Waals surface area contributed by atoms with E-state index in [1.54, 1.807) is 7.11 Å². The molecule has 2 aromatic rings. The van der Waals surface area contributed by atoms with E-state index in [9.17, 15) is 4.79 Å². The summed E-state index contributed by atoms with van der Waals surface area (Å²) in [7, 11) is 1.66. The summed E-state index contributed by atoms with van der Waals surface area (Å²) < 4.78 is 11.0. The van der Waals surface area contributed by atoms with E-state index < -0.39 is 0 Å². The fourth-order valence-corrected chi connectivity index (χ4v) is 4.17. The molecule has 5 nitrogen and oxygen atoms in total. The number of carbonyl (C=O) groups excluding carboxylic acids is 1. The van der Waals surface area contributed by atoms with Crippen molar-refractivity contribution in [3.63, 3.8) is 0 Å². The number of piperidine rings is 1. The largest absolute Gasteiger partial charge is 0.493 e. The van der Waals surface area contributed by atoms with Crippen molar-refractivity contribution in [1.29, 1.82) is 0 Å². The Bertz CT molecular complexity index is 844. The lowest BCUT2D eigenvalue weighted by Crippen LogP contribution is -2.40. The standard InChI is InChI=1S/C26H36N2O3/c1-4-31-24-12-11-21(18-25(24)30-3)9-7-15-27-26(29)22-13-16-28(17-14-22)19-23-10-6-5-8-20(23)2/h5-6,8,10-12,18,22H,4,7,9,13-17,19H2,1-3H3,(H,27,29). The van der Waals surface area contributed by atoms with Crippen molar-refractivity contribution in [2.45, 2.75) is 46.1 Å². The Morgan fingerprint density at radius 2 is 1.90 bits per heavy atom. The van der Waals surface area contributed by atoms with Gasteiger partial charge in [-0.3, -0.25) is 9.69 Å². The molecule has 0 radical (unpaired) electrons. The summed E-state index contributed by atoms with van der Waals surface area (Å²) in [5.74, 6) is 1.88. The van der Waals surface area contributed by atoms with Crippen LogP contribution in [-0.4, -0.2) is 44.2 Å². The summed E-state index contributed by atoms with van der Waals surface area (Å²) in [5, 5.41) is 3.14. The molecule has 0 aromatic heterocycles. The highest BCUT2D eigenvalue weighted by Crippen LogP contribution is 2.28. The zero-order chi connectivity index (χ0) is 22.1. The van der Waals surface area contributed by atoms with Crippen molar-refractivity contribution < 1.29 is 14.3 Å². The molecular formula is C26H36N2O3. The maximum atomic E-state index is 12.6. The molecular weight excluding hydrogens is 388 g/mol. The average Bonchev–Trinajstić information content (AvgIpc) is 2.79. The van der Waals surface area contributed by atoms with Crippen LogP contribution in [-0.2, 0) is 17.8 Å². The van der Waals surface area contributed by atoms with E-state index in [1.807, 2.05) is 19.1 Å². The lowest BCUT2D eigenvalue weighted by Gasteiger charge is -2.31. The highest BCUT2D eigenvalue weighted by Gasteiger charge is 2.24. The fraction of sp³-hybridized carbons (Fsp3) is 0.500. The zero-order valence-corrected chi connectivity index (χ0v) is 19.2. The number of aryl methyl sites for hydroxylation is 2. The number of benzene rings is 2. The van der Waals surface area contributed by atoms with Gasteiger partial charge in [-0.1, -0.05) is 30.3 Å². The number of nitrogens with zero attached hydrogens (tertiary/aromatic N) is 1. The third kappa shape index (κ3) is 6.73. The van der Waals surface area contributed by atoms with Gasteiger partial charge in [-0.25, -0.2) is 0 Å². The number of nitrogens with one attached hydrogen (secondary N) is 1. The summed E-state index contributed by atoms with van der Waals surface area (Å²) in [6.45, 7) is 8.40.